The molecule has 0 amide bonds. The first-order valence-electron chi connectivity index (χ1n) is 5.49. The van der Waals surface area contributed by atoms with E-state index in [1.807, 2.05) is 6.07 Å². The summed E-state index contributed by atoms with van der Waals surface area (Å²) in [5, 5.41) is 0. The minimum atomic E-state index is 0.432. The molecule has 4 heteroatoms. The number of hydrazine groups is 1. The number of nitrogens with one attached hydrogen (secondary N) is 1. The first-order valence-corrected chi connectivity index (χ1v) is 5.49. The summed E-state index contributed by atoms with van der Waals surface area (Å²) in [6.45, 7) is 6.27. The molecule has 0 aliphatic carbocycles. The second-order valence-electron chi connectivity index (χ2n) is 4.18. The first-order chi connectivity index (χ1) is 8.11. The molecule has 0 radical (unpaired) electrons. The molecule has 1 aromatic carbocycles. The van der Waals surface area contributed by atoms with Gasteiger partial charge in [-0.3, -0.25) is 5.43 Å². The monoisotopic (exact) mass is 228 g/mol. The molecule has 0 aliphatic rings. The second kappa shape index (κ2) is 4.51. The molecule has 0 spiro atoms. The van der Waals surface area contributed by atoms with Gasteiger partial charge in [-0.15, -0.1) is 0 Å². The van der Waals surface area contributed by atoms with Crippen molar-refractivity contribution in [3.05, 3.63) is 41.1 Å². The molecule has 4 nitrogen and oxygen atoms in total. The van der Waals surface area contributed by atoms with E-state index in [1.165, 1.54) is 16.7 Å². The summed E-state index contributed by atoms with van der Waals surface area (Å²) in [7, 11) is 0. The SMILES string of the molecule is Cc1cc(C)c(-c2ccnc(NN)n2)c(C)c1. The van der Waals surface area contributed by atoms with Crippen molar-refractivity contribution in [1.82, 2.24) is 9.97 Å². The minimum absolute atomic E-state index is 0.432. The largest absolute Gasteiger partial charge is 0.292 e. The van der Waals surface area contributed by atoms with E-state index in [0.29, 0.717) is 5.95 Å². The van der Waals surface area contributed by atoms with E-state index < -0.39 is 0 Å². The van der Waals surface area contributed by atoms with Gasteiger partial charge in [-0.1, -0.05) is 17.7 Å². The number of anilines is 1. The van der Waals surface area contributed by atoms with Crippen molar-refractivity contribution in [2.24, 2.45) is 5.84 Å². The molecule has 0 atom stereocenters. The summed E-state index contributed by atoms with van der Waals surface area (Å²) >= 11 is 0. The lowest BCUT2D eigenvalue weighted by molar-refractivity contribution is 1.11. The molecule has 0 fully saturated rings. The quantitative estimate of drug-likeness (QED) is 0.611. The van der Waals surface area contributed by atoms with E-state index in [-0.39, 0.29) is 0 Å². The number of hydrogen-bond donors (Lipinski definition) is 2. The summed E-state index contributed by atoms with van der Waals surface area (Å²) in [6, 6.07) is 6.20. The van der Waals surface area contributed by atoms with Gasteiger partial charge in [0.2, 0.25) is 5.95 Å². The van der Waals surface area contributed by atoms with Gasteiger partial charge in [-0.2, -0.15) is 0 Å². The Morgan fingerprint density at radius 3 is 2.35 bits per heavy atom. The lowest BCUT2D eigenvalue weighted by Crippen LogP contribution is -2.10. The van der Waals surface area contributed by atoms with Gasteiger partial charge in [0.25, 0.3) is 0 Å². The molecule has 0 aliphatic heterocycles. The highest BCUT2D eigenvalue weighted by Gasteiger charge is 2.08. The average molecular weight is 228 g/mol. The number of aromatic nitrogens is 2. The van der Waals surface area contributed by atoms with Crippen LogP contribution in [0.5, 0.6) is 0 Å². The maximum atomic E-state index is 5.32. The third-order valence-corrected chi connectivity index (χ3v) is 2.72. The first kappa shape index (κ1) is 11.5. The van der Waals surface area contributed by atoms with Crippen LogP contribution in [0, 0.1) is 20.8 Å². The predicted octanol–water partition coefficient (Wildman–Crippen LogP) is 2.35. The molecule has 1 aromatic heterocycles. The van der Waals surface area contributed by atoms with E-state index >= 15 is 0 Å². The Kier molecular flexibility index (Phi) is 3.06. The Labute approximate surface area is 101 Å². The van der Waals surface area contributed by atoms with Gasteiger partial charge in [-0.25, -0.2) is 15.8 Å². The molecule has 88 valence electrons. The zero-order valence-corrected chi connectivity index (χ0v) is 10.3. The molecule has 0 saturated heterocycles. The molecule has 0 bridgehead atoms. The van der Waals surface area contributed by atoms with E-state index in [4.69, 9.17) is 5.84 Å². The number of benzene rings is 1. The number of nitrogens with zero attached hydrogens (tertiary/aromatic N) is 2. The molecule has 3 N–H and O–H groups in total. The lowest BCUT2D eigenvalue weighted by atomic mass is 9.97. The summed E-state index contributed by atoms with van der Waals surface area (Å²) in [5.74, 6) is 5.75. The van der Waals surface area contributed by atoms with E-state index in [9.17, 15) is 0 Å². The van der Waals surface area contributed by atoms with Gasteiger partial charge in [0, 0.05) is 11.8 Å². The van der Waals surface area contributed by atoms with Gasteiger partial charge in [0.05, 0.1) is 5.69 Å². The van der Waals surface area contributed by atoms with Crippen molar-refractivity contribution < 1.29 is 0 Å². The van der Waals surface area contributed by atoms with Crippen LogP contribution in [-0.2, 0) is 0 Å². The number of nitrogen functional groups attached to an aromatic ring is 1. The standard InChI is InChI=1S/C13H16N4/c1-8-6-9(2)12(10(3)7-8)11-4-5-15-13(16-11)17-14/h4-7H,14H2,1-3H3,(H,15,16,17). The van der Waals surface area contributed by atoms with Crippen LogP contribution in [0.25, 0.3) is 11.3 Å². The number of aryl methyl sites for hydroxylation is 3. The van der Waals surface area contributed by atoms with Crippen LogP contribution in [0.4, 0.5) is 5.95 Å². The summed E-state index contributed by atoms with van der Waals surface area (Å²) in [4.78, 5) is 8.38. The zero-order chi connectivity index (χ0) is 12.4. The van der Waals surface area contributed by atoms with Crippen molar-refractivity contribution in [1.29, 1.82) is 0 Å². The van der Waals surface area contributed by atoms with Crippen LogP contribution in [0.3, 0.4) is 0 Å². The van der Waals surface area contributed by atoms with Crippen molar-refractivity contribution in [2.45, 2.75) is 20.8 Å². The third-order valence-electron chi connectivity index (χ3n) is 2.72. The van der Waals surface area contributed by atoms with Crippen LogP contribution < -0.4 is 11.3 Å². The van der Waals surface area contributed by atoms with Crippen LogP contribution in [-0.4, -0.2) is 9.97 Å². The van der Waals surface area contributed by atoms with Crippen molar-refractivity contribution >= 4 is 5.95 Å². The maximum Gasteiger partial charge on any atom is 0.237 e. The Bertz CT molecular complexity index is 526. The molecule has 0 unspecified atom stereocenters. The minimum Gasteiger partial charge on any atom is -0.292 e. The van der Waals surface area contributed by atoms with Crippen LogP contribution in [0.2, 0.25) is 0 Å². The van der Waals surface area contributed by atoms with Crippen LogP contribution >= 0.6 is 0 Å². The normalized spacial score (nSPS) is 10.4. The number of hydrogen-bond acceptors (Lipinski definition) is 4. The Balaban J connectivity index is 2.60. The Morgan fingerprint density at radius 2 is 1.76 bits per heavy atom. The summed E-state index contributed by atoms with van der Waals surface area (Å²) in [5.41, 5.74) is 8.19. The molecule has 17 heavy (non-hydrogen) atoms. The van der Waals surface area contributed by atoms with E-state index in [1.54, 1.807) is 6.20 Å². The van der Waals surface area contributed by atoms with E-state index in [0.717, 1.165) is 11.3 Å². The fourth-order valence-electron chi connectivity index (χ4n) is 2.15. The lowest BCUT2D eigenvalue weighted by Gasteiger charge is -2.11. The fourth-order valence-corrected chi connectivity index (χ4v) is 2.15. The summed E-state index contributed by atoms with van der Waals surface area (Å²) in [6.07, 6.45) is 1.70. The van der Waals surface area contributed by atoms with E-state index in [2.05, 4.69) is 48.3 Å². The Hall–Kier alpha value is -1.94. The summed E-state index contributed by atoms with van der Waals surface area (Å²) < 4.78 is 0. The van der Waals surface area contributed by atoms with Crippen LogP contribution in [0.15, 0.2) is 24.4 Å². The maximum absolute atomic E-state index is 5.32. The van der Waals surface area contributed by atoms with Crippen molar-refractivity contribution in [3.8, 4) is 11.3 Å². The van der Waals surface area contributed by atoms with Crippen molar-refractivity contribution in [2.75, 3.05) is 5.43 Å². The van der Waals surface area contributed by atoms with Gasteiger partial charge in [0.1, 0.15) is 0 Å². The highest BCUT2D eigenvalue weighted by Crippen LogP contribution is 2.26. The zero-order valence-electron chi connectivity index (χ0n) is 10.3. The fraction of sp³-hybridized carbons (Fsp3) is 0.231. The molecule has 1 heterocycles. The molecular formula is C13H16N4. The average Bonchev–Trinajstić information content (AvgIpc) is 2.28. The highest BCUT2D eigenvalue weighted by atomic mass is 15.3. The van der Waals surface area contributed by atoms with Gasteiger partial charge in [-0.05, 0) is 38.0 Å². The molecule has 2 aromatic rings. The number of nitrogens with two attached hydrogens (primary N) is 1. The Morgan fingerprint density at radius 1 is 1.12 bits per heavy atom. The molecular weight excluding hydrogens is 212 g/mol. The second-order valence-corrected chi connectivity index (χ2v) is 4.18. The third kappa shape index (κ3) is 2.26. The van der Waals surface area contributed by atoms with Gasteiger partial charge < -0.3 is 0 Å². The molecule has 2 rings (SSSR count). The van der Waals surface area contributed by atoms with Crippen LogP contribution in [0.1, 0.15) is 16.7 Å². The number of rotatable bonds is 2. The van der Waals surface area contributed by atoms with Gasteiger partial charge in [0.15, 0.2) is 0 Å². The van der Waals surface area contributed by atoms with Gasteiger partial charge >= 0.3 is 0 Å². The predicted molar refractivity (Wildman–Crippen MR) is 69.5 cm³/mol. The topological polar surface area (TPSA) is 63.8 Å². The smallest absolute Gasteiger partial charge is 0.237 e. The highest BCUT2D eigenvalue weighted by molar-refractivity contribution is 5.68. The van der Waals surface area contributed by atoms with Crippen molar-refractivity contribution in [3.63, 3.8) is 0 Å². The molecule has 0 saturated carbocycles.